The van der Waals surface area contributed by atoms with E-state index in [0.717, 1.165) is 10.8 Å². The van der Waals surface area contributed by atoms with Crippen LogP contribution in [0.3, 0.4) is 0 Å². The Balaban J connectivity index is 0.000000544. The lowest BCUT2D eigenvalue weighted by Crippen LogP contribution is -2.81. The first-order valence-electron chi connectivity index (χ1n) is 14.4. The maximum absolute atomic E-state index is 15.4. The molecular weight excluding hydrogens is 855 g/mol. The molecule has 0 amide bonds. The Morgan fingerprint density at radius 1 is 0.339 bits per heavy atom. The zero-order valence-corrected chi connectivity index (χ0v) is 28.5. The highest BCUT2D eigenvalue weighted by atomic mass is 35.5. The lowest BCUT2D eigenvalue weighted by molar-refractivity contribution is 0.378. The molecule has 0 aromatic heterocycles. The van der Waals surface area contributed by atoms with Crippen molar-refractivity contribution in [2.45, 2.75) is 5.75 Å². The topological polar surface area (TPSA) is 0 Å². The van der Waals surface area contributed by atoms with Gasteiger partial charge in [-0.2, -0.15) is 0 Å². The van der Waals surface area contributed by atoms with Crippen LogP contribution in [0.4, 0.5) is 87.8 Å². The molecule has 300 valence electrons. The van der Waals surface area contributed by atoms with Crippen molar-refractivity contribution >= 4 is 50.5 Å². The summed E-state index contributed by atoms with van der Waals surface area (Å²) in [5, 5.41) is 0.820. The van der Waals surface area contributed by atoms with Gasteiger partial charge in [0.15, 0.2) is 69.8 Å². The van der Waals surface area contributed by atoms with Crippen LogP contribution in [0.15, 0.2) is 24.3 Å². The Morgan fingerprint density at radius 2 is 0.518 bits per heavy atom. The van der Waals surface area contributed by atoms with Gasteiger partial charge in [-0.05, 0) is 23.0 Å². The van der Waals surface area contributed by atoms with Crippen molar-refractivity contribution < 1.29 is 87.8 Å². The molecule has 0 saturated heterocycles. The molecule has 0 radical (unpaired) electrons. The number of hydrogen-bond acceptors (Lipinski definition) is 0. The number of benzene rings is 5. The Labute approximate surface area is 307 Å². The first-order valence-corrected chi connectivity index (χ1v) is 17.0. The van der Waals surface area contributed by atoms with Gasteiger partial charge in [0.25, 0.3) is 0 Å². The minimum atomic E-state index is -7.22. The fourth-order valence-electron chi connectivity index (χ4n) is 5.79. The zero-order chi connectivity index (χ0) is 42.6. The summed E-state index contributed by atoms with van der Waals surface area (Å²) in [7, 11) is 0.484. The Hall–Kier alpha value is -4.60. The fraction of sp³-hybridized carbons (Fsp3) is 0.0909. The van der Waals surface area contributed by atoms with E-state index in [1.165, 1.54) is 5.56 Å². The van der Waals surface area contributed by atoms with Gasteiger partial charge in [-0.25, -0.2) is 87.8 Å². The van der Waals surface area contributed by atoms with Crippen LogP contribution in [0, 0.1) is 116 Å². The lowest BCUT2D eigenvalue weighted by atomic mass is 9.12. The maximum atomic E-state index is 15.4. The van der Waals surface area contributed by atoms with Crippen LogP contribution < -0.4 is 21.9 Å². The van der Waals surface area contributed by atoms with Crippen LogP contribution in [0.25, 0.3) is 0 Å². The van der Waals surface area contributed by atoms with Gasteiger partial charge >= 0.3 is 0 Å². The van der Waals surface area contributed by atoms with Crippen LogP contribution in [0.1, 0.15) is 5.56 Å². The highest BCUT2D eigenvalue weighted by molar-refractivity contribution is 7.94. The summed E-state index contributed by atoms with van der Waals surface area (Å²) in [5.41, 5.74) is -13.0. The van der Waals surface area contributed by atoms with Gasteiger partial charge in [0.2, 0.25) is 0 Å². The van der Waals surface area contributed by atoms with E-state index in [4.69, 9.17) is 11.6 Å². The zero-order valence-electron chi connectivity index (χ0n) is 26.9. The first-order chi connectivity index (χ1) is 25.9. The quantitative estimate of drug-likeness (QED) is 0.0528. The van der Waals surface area contributed by atoms with Crippen molar-refractivity contribution in [3.63, 3.8) is 0 Å². The van der Waals surface area contributed by atoms with Gasteiger partial charge in [-0.1, -0.05) is 23.7 Å². The molecular formula is C33H12BClF20S. The molecule has 0 bridgehead atoms. The molecule has 5 aromatic rings. The maximum Gasteiger partial charge on any atom is 0.200 e. The molecule has 0 saturated carbocycles. The second-order valence-corrected chi connectivity index (χ2v) is 14.3. The van der Waals surface area contributed by atoms with Crippen LogP contribution in [0.5, 0.6) is 0 Å². The smallest absolute Gasteiger partial charge is 0.200 e. The first kappa shape index (κ1) is 44.1. The predicted octanol–water partition coefficient (Wildman–Crippen LogP) is 8.56. The minimum Gasteiger partial charge on any atom is -0.207 e. The van der Waals surface area contributed by atoms with Gasteiger partial charge in [0.05, 0.1) is 12.5 Å². The molecule has 0 atom stereocenters. The van der Waals surface area contributed by atoms with Gasteiger partial charge < -0.3 is 0 Å². The van der Waals surface area contributed by atoms with E-state index in [0.29, 0.717) is 10.9 Å². The van der Waals surface area contributed by atoms with E-state index >= 15 is 35.1 Å². The molecule has 0 unspecified atom stereocenters. The highest BCUT2D eigenvalue weighted by Gasteiger charge is 2.52. The third-order valence-electron chi connectivity index (χ3n) is 8.08. The van der Waals surface area contributed by atoms with Crippen molar-refractivity contribution in [1.82, 2.24) is 0 Å². The minimum absolute atomic E-state index is 0.484. The largest absolute Gasteiger partial charge is 0.207 e. The normalized spacial score (nSPS) is 11.7. The molecule has 5 aromatic carbocycles. The molecule has 0 heterocycles. The fourth-order valence-corrected chi connectivity index (χ4v) is 6.77. The number of rotatable bonds is 6. The van der Waals surface area contributed by atoms with Crippen LogP contribution in [-0.2, 0) is 16.6 Å². The van der Waals surface area contributed by atoms with E-state index in [9.17, 15) is 52.7 Å². The molecule has 0 aliphatic heterocycles. The summed E-state index contributed by atoms with van der Waals surface area (Å²) in [6.45, 7) is 0. The van der Waals surface area contributed by atoms with E-state index in [1.54, 1.807) is 0 Å². The predicted molar refractivity (Wildman–Crippen MR) is 164 cm³/mol. The van der Waals surface area contributed by atoms with Crippen molar-refractivity contribution in [3.05, 3.63) is 151 Å². The molecule has 0 fully saturated rings. The van der Waals surface area contributed by atoms with E-state index in [2.05, 4.69) is 24.6 Å². The monoisotopic (exact) mass is 866 g/mol. The standard InChI is InChI=1S/C24BF20.C9H12ClS/c26-5-1(6(27)14(35)21(42)13(5)34)25(2-7(28)15(36)22(43)16(37)8(2)29,3-9(30)17(38)23(44)18(39)10(3)31)4-11(32)19(40)24(45)20(41)12(4)33;1-11(2)7-8-3-5-9(10)6-4-8/h;3-6H,7H2,1-2H3/q-1;+1. The lowest BCUT2D eigenvalue weighted by Gasteiger charge is -2.44. The van der Waals surface area contributed by atoms with Crippen LogP contribution in [-0.4, -0.2) is 18.7 Å². The van der Waals surface area contributed by atoms with Gasteiger partial charge in [-0.3, -0.25) is 0 Å². The summed E-state index contributed by atoms with van der Waals surface area (Å²) in [4.78, 5) is 0. The second kappa shape index (κ2) is 16.1. The van der Waals surface area contributed by atoms with Crippen LogP contribution >= 0.6 is 11.6 Å². The van der Waals surface area contributed by atoms with Gasteiger partial charge in [0, 0.05) is 10.6 Å². The van der Waals surface area contributed by atoms with Gasteiger partial charge in [0.1, 0.15) is 58.4 Å². The Bertz CT molecular complexity index is 2000. The molecule has 23 heteroatoms. The number of hydrogen-bond donors (Lipinski definition) is 0. The van der Waals surface area contributed by atoms with E-state index < -0.39 is 144 Å². The molecule has 0 aliphatic rings. The summed E-state index contributed by atoms with van der Waals surface area (Å²) >= 11 is 5.75. The van der Waals surface area contributed by atoms with Crippen molar-refractivity contribution in [3.8, 4) is 0 Å². The molecule has 0 nitrogen and oxygen atoms in total. The SMILES string of the molecule is C[S+](C)Cc1ccc(Cl)cc1.Fc1c(F)c(F)c([B-](c2c(F)c(F)c(F)c(F)c2F)(c2c(F)c(F)c(F)c(F)c2F)c2c(F)c(F)c(F)c(F)c2F)c(F)c1F. The molecule has 0 spiro atoms. The number of halogens is 21. The molecule has 0 N–H and O–H groups in total. The third-order valence-corrected chi connectivity index (χ3v) is 9.24. The van der Waals surface area contributed by atoms with Crippen molar-refractivity contribution in [1.29, 1.82) is 0 Å². The Kier molecular flexibility index (Phi) is 12.7. The molecule has 0 aliphatic carbocycles. The summed E-state index contributed by atoms with van der Waals surface area (Å²) < 4.78 is 294. The van der Waals surface area contributed by atoms with E-state index in [-0.39, 0.29) is 0 Å². The van der Waals surface area contributed by atoms with Crippen LogP contribution in [0.2, 0.25) is 5.02 Å². The summed E-state index contributed by atoms with van der Waals surface area (Å²) in [5.74, 6) is -70.2. The average Bonchev–Trinajstić information content (AvgIpc) is 3.15. The van der Waals surface area contributed by atoms with Gasteiger partial charge in [-0.15, -0.1) is 21.9 Å². The summed E-state index contributed by atoms with van der Waals surface area (Å²) in [6, 6.07) is 8.08. The third kappa shape index (κ3) is 6.91. The molecule has 5 rings (SSSR count). The second-order valence-electron chi connectivity index (χ2n) is 11.6. The van der Waals surface area contributed by atoms with Crippen molar-refractivity contribution in [2.75, 3.05) is 12.5 Å². The van der Waals surface area contributed by atoms with E-state index in [1.807, 2.05) is 12.1 Å². The van der Waals surface area contributed by atoms with Crippen molar-refractivity contribution in [2.24, 2.45) is 0 Å². The average molecular weight is 867 g/mol. The Morgan fingerprint density at radius 3 is 0.696 bits per heavy atom. The summed E-state index contributed by atoms with van der Waals surface area (Å²) in [6.07, 6.45) is -2.73. The molecule has 56 heavy (non-hydrogen) atoms. The highest BCUT2D eigenvalue weighted by Crippen LogP contribution is 2.30.